The molecule has 0 unspecified atom stereocenters. The topological polar surface area (TPSA) is 108 Å². The molecule has 39 heavy (non-hydrogen) atoms. The second kappa shape index (κ2) is 9.46. The first-order valence-electron chi connectivity index (χ1n) is 11.8. The van der Waals surface area contributed by atoms with E-state index in [2.05, 4.69) is 9.97 Å². The molecule has 0 bridgehead atoms. The number of thiophene rings is 1. The van der Waals surface area contributed by atoms with E-state index in [-0.39, 0.29) is 55.5 Å². The van der Waals surface area contributed by atoms with Gasteiger partial charge in [0.25, 0.3) is 0 Å². The number of fused-ring (bicyclic) bond motifs is 2. The van der Waals surface area contributed by atoms with Crippen molar-refractivity contribution in [1.29, 1.82) is 5.26 Å². The van der Waals surface area contributed by atoms with Gasteiger partial charge in [-0.3, -0.25) is 0 Å². The van der Waals surface area contributed by atoms with E-state index in [4.69, 9.17) is 10.5 Å². The molecule has 1 aliphatic rings. The summed E-state index contributed by atoms with van der Waals surface area (Å²) in [5, 5.41) is 18.8. The van der Waals surface area contributed by atoms with Crippen LogP contribution in [0, 0.1) is 28.4 Å². The zero-order valence-electron chi connectivity index (χ0n) is 20.8. The molecular formula is C26H22F5N5O2S. The first-order chi connectivity index (χ1) is 18.4. The predicted molar refractivity (Wildman–Crippen MR) is 138 cm³/mol. The normalized spacial score (nSPS) is 15.6. The van der Waals surface area contributed by atoms with Crippen molar-refractivity contribution in [3.8, 4) is 23.2 Å². The molecule has 1 fully saturated rings. The number of aliphatic hydroxyl groups excluding tert-OH is 1. The summed E-state index contributed by atoms with van der Waals surface area (Å²) < 4.78 is 79.6. The van der Waals surface area contributed by atoms with E-state index in [0.29, 0.717) is 37.3 Å². The highest BCUT2D eigenvalue weighted by Gasteiger charge is 2.39. The maximum absolute atomic E-state index is 16.4. The minimum atomic E-state index is -5.03. The Balaban J connectivity index is 1.84. The molecule has 0 atom stereocenters. The molecule has 5 rings (SSSR count). The highest BCUT2D eigenvalue weighted by atomic mass is 32.1. The number of methoxy groups -OCH3 is 1. The van der Waals surface area contributed by atoms with Crippen LogP contribution in [-0.4, -0.2) is 41.9 Å². The Morgan fingerprint density at radius 3 is 2.51 bits per heavy atom. The fourth-order valence-electron chi connectivity index (χ4n) is 4.94. The van der Waals surface area contributed by atoms with Crippen LogP contribution in [0.2, 0.25) is 0 Å². The second-order valence-electron chi connectivity index (χ2n) is 9.75. The molecule has 0 aliphatic carbocycles. The molecule has 0 radical (unpaired) electrons. The second-order valence-corrected chi connectivity index (χ2v) is 10.8. The van der Waals surface area contributed by atoms with Crippen LogP contribution in [0.1, 0.15) is 30.9 Å². The number of benzene rings is 2. The first kappa shape index (κ1) is 26.8. The van der Waals surface area contributed by atoms with Gasteiger partial charge in [0, 0.05) is 36.0 Å². The quantitative estimate of drug-likeness (QED) is 0.299. The van der Waals surface area contributed by atoms with Gasteiger partial charge in [0.2, 0.25) is 0 Å². The number of nitrogen functional groups attached to an aromatic ring is 1. The third-order valence-electron chi connectivity index (χ3n) is 7.23. The fraction of sp³-hybridized carbons (Fsp3) is 0.346. The van der Waals surface area contributed by atoms with Crippen LogP contribution in [0.25, 0.3) is 32.1 Å². The van der Waals surface area contributed by atoms with E-state index in [0.717, 1.165) is 18.2 Å². The molecule has 2 aromatic carbocycles. The third kappa shape index (κ3) is 4.37. The van der Waals surface area contributed by atoms with Gasteiger partial charge in [0.15, 0.2) is 5.82 Å². The number of piperidine rings is 1. The van der Waals surface area contributed by atoms with E-state index in [1.807, 2.05) is 6.92 Å². The third-order valence-corrected chi connectivity index (χ3v) is 8.26. The molecular weight excluding hydrogens is 541 g/mol. The van der Waals surface area contributed by atoms with Crippen LogP contribution in [0.4, 0.5) is 32.8 Å². The molecule has 1 aliphatic heterocycles. The van der Waals surface area contributed by atoms with Crippen molar-refractivity contribution < 1.29 is 31.8 Å². The number of aromatic nitrogens is 2. The maximum Gasteiger partial charge on any atom is 0.417 e. The zero-order chi connectivity index (χ0) is 28.3. The predicted octanol–water partition coefficient (Wildman–Crippen LogP) is 5.87. The molecule has 1 saturated heterocycles. The minimum Gasteiger partial charge on any atom is -0.467 e. The van der Waals surface area contributed by atoms with Crippen molar-refractivity contribution in [2.45, 2.75) is 25.9 Å². The molecule has 4 aromatic rings. The highest BCUT2D eigenvalue weighted by Crippen LogP contribution is 2.48. The standard InChI is InChI=1S/C26H22F5N5O2S/c1-25(11-37)5-7-36(8-6-25)23-13-9-15(26(29,30)31)18(19(28)20(13)34-24(35-23)38-2)12-3-4-16(27)21-17(12)14(10-32)22(33)39-21/h3-4,9,37H,5-8,11,33H2,1-2H3. The lowest BCUT2D eigenvalue weighted by atomic mass is 9.81. The van der Waals surface area contributed by atoms with Gasteiger partial charge in [-0.05, 0) is 36.0 Å². The molecule has 3 heterocycles. The van der Waals surface area contributed by atoms with Crippen molar-refractivity contribution in [2.24, 2.45) is 5.41 Å². The number of nitriles is 1. The molecule has 2 aromatic heterocycles. The van der Waals surface area contributed by atoms with Gasteiger partial charge >= 0.3 is 12.2 Å². The molecule has 3 N–H and O–H groups in total. The molecule has 0 amide bonds. The van der Waals surface area contributed by atoms with E-state index >= 15 is 4.39 Å². The minimum absolute atomic E-state index is 0.0468. The summed E-state index contributed by atoms with van der Waals surface area (Å²) in [7, 11) is 1.25. The van der Waals surface area contributed by atoms with E-state index in [1.54, 1.807) is 11.0 Å². The molecule has 0 spiro atoms. The number of hydrogen-bond acceptors (Lipinski definition) is 8. The Kier molecular flexibility index (Phi) is 6.51. The van der Waals surface area contributed by atoms with Gasteiger partial charge in [0.1, 0.15) is 28.2 Å². The monoisotopic (exact) mass is 563 g/mol. The van der Waals surface area contributed by atoms with Crippen LogP contribution in [0.3, 0.4) is 0 Å². The Morgan fingerprint density at radius 1 is 1.23 bits per heavy atom. The van der Waals surface area contributed by atoms with Gasteiger partial charge in [0.05, 0.1) is 22.9 Å². The lowest BCUT2D eigenvalue weighted by molar-refractivity contribution is -0.137. The Labute approximate surface area is 223 Å². The number of nitrogens with two attached hydrogens (primary N) is 1. The Morgan fingerprint density at radius 2 is 1.92 bits per heavy atom. The van der Waals surface area contributed by atoms with Crippen molar-refractivity contribution in [3.63, 3.8) is 0 Å². The number of rotatable bonds is 4. The van der Waals surface area contributed by atoms with E-state index in [1.165, 1.54) is 7.11 Å². The largest absolute Gasteiger partial charge is 0.467 e. The lowest BCUT2D eigenvalue weighted by Gasteiger charge is -2.39. The van der Waals surface area contributed by atoms with Gasteiger partial charge in [-0.1, -0.05) is 13.0 Å². The lowest BCUT2D eigenvalue weighted by Crippen LogP contribution is -2.41. The van der Waals surface area contributed by atoms with Crippen LogP contribution in [-0.2, 0) is 6.18 Å². The van der Waals surface area contributed by atoms with E-state index < -0.39 is 34.5 Å². The van der Waals surface area contributed by atoms with Crippen LogP contribution < -0.4 is 15.4 Å². The van der Waals surface area contributed by atoms with Gasteiger partial charge in [-0.15, -0.1) is 11.3 Å². The summed E-state index contributed by atoms with van der Waals surface area (Å²) in [4.78, 5) is 10.0. The number of nitrogens with zero attached hydrogens (tertiary/aromatic N) is 4. The number of ether oxygens (including phenoxy) is 1. The summed E-state index contributed by atoms with van der Waals surface area (Å²) in [6, 6.07) is 4.24. The average molecular weight is 564 g/mol. The Bertz CT molecular complexity index is 1660. The highest BCUT2D eigenvalue weighted by molar-refractivity contribution is 7.23. The van der Waals surface area contributed by atoms with Crippen molar-refractivity contribution in [2.75, 3.05) is 37.4 Å². The molecule has 13 heteroatoms. The van der Waals surface area contributed by atoms with Gasteiger partial charge < -0.3 is 20.5 Å². The van der Waals surface area contributed by atoms with Crippen molar-refractivity contribution in [3.05, 3.63) is 41.0 Å². The van der Waals surface area contributed by atoms with Gasteiger partial charge in [-0.2, -0.15) is 28.4 Å². The summed E-state index contributed by atoms with van der Waals surface area (Å²) in [5.74, 6) is -2.05. The number of hydrogen-bond donors (Lipinski definition) is 2. The van der Waals surface area contributed by atoms with E-state index in [9.17, 15) is 27.9 Å². The molecule has 7 nitrogen and oxygen atoms in total. The van der Waals surface area contributed by atoms with Gasteiger partial charge in [-0.25, -0.2) is 8.78 Å². The smallest absolute Gasteiger partial charge is 0.417 e. The summed E-state index contributed by atoms with van der Waals surface area (Å²) in [6.07, 6.45) is -3.96. The van der Waals surface area contributed by atoms with Crippen LogP contribution in [0.15, 0.2) is 18.2 Å². The Hall–Kier alpha value is -3.76. The average Bonchev–Trinajstić information content (AvgIpc) is 3.25. The summed E-state index contributed by atoms with van der Waals surface area (Å²) in [5.41, 5.74) is 2.29. The van der Waals surface area contributed by atoms with Crippen molar-refractivity contribution in [1.82, 2.24) is 9.97 Å². The number of halogens is 5. The fourth-order valence-corrected chi connectivity index (χ4v) is 5.88. The number of anilines is 2. The summed E-state index contributed by atoms with van der Waals surface area (Å²) in [6.45, 7) is 2.58. The maximum atomic E-state index is 16.4. The first-order valence-corrected chi connectivity index (χ1v) is 12.7. The summed E-state index contributed by atoms with van der Waals surface area (Å²) >= 11 is 0.697. The number of alkyl halides is 3. The zero-order valence-corrected chi connectivity index (χ0v) is 21.6. The van der Waals surface area contributed by atoms with Crippen LogP contribution >= 0.6 is 11.3 Å². The van der Waals surface area contributed by atoms with Crippen molar-refractivity contribution >= 4 is 43.1 Å². The molecule has 204 valence electrons. The SMILES string of the molecule is COc1nc(N2CCC(C)(CO)CC2)c2cc(C(F)(F)F)c(-c3ccc(F)c4sc(N)c(C#N)c34)c(F)c2n1. The van der Waals surface area contributed by atoms with Crippen LogP contribution in [0.5, 0.6) is 6.01 Å². The number of aliphatic hydroxyl groups is 1. The molecule has 0 saturated carbocycles.